The van der Waals surface area contributed by atoms with Crippen molar-refractivity contribution in [3.05, 3.63) is 51.4 Å². The molecule has 0 radical (unpaired) electrons. The fourth-order valence-electron chi connectivity index (χ4n) is 2.73. The number of thiophene rings is 1. The van der Waals surface area contributed by atoms with E-state index < -0.39 is 23.9 Å². The Morgan fingerprint density at radius 3 is 2.72 bits per heavy atom. The van der Waals surface area contributed by atoms with Crippen molar-refractivity contribution >= 4 is 34.2 Å². The van der Waals surface area contributed by atoms with Crippen LogP contribution in [-0.4, -0.2) is 31.1 Å². The first-order valence-electron chi connectivity index (χ1n) is 7.70. The lowest BCUT2D eigenvalue weighted by Crippen LogP contribution is -2.38. The van der Waals surface area contributed by atoms with E-state index in [2.05, 4.69) is 5.32 Å². The van der Waals surface area contributed by atoms with E-state index in [1.165, 1.54) is 18.4 Å². The number of cyclic esters (lactones) is 1. The summed E-state index contributed by atoms with van der Waals surface area (Å²) in [5.74, 6) is -1.49. The van der Waals surface area contributed by atoms with Gasteiger partial charge in [-0.3, -0.25) is 4.79 Å². The molecule has 1 amide bonds. The Morgan fingerprint density at radius 2 is 2.00 bits per heavy atom. The third kappa shape index (κ3) is 3.15. The van der Waals surface area contributed by atoms with Gasteiger partial charge < -0.3 is 14.8 Å². The summed E-state index contributed by atoms with van der Waals surface area (Å²) in [5, 5.41) is 3.11. The van der Waals surface area contributed by atoms with Crippen molar-refractivity contribution in [2.45, 2.75) is 26.4 Å². The maximum Gasteiger partial charge on any atom is 0.341 e. The first-order chi connectivity index (χ1) is 11.9. The lowest BCUT2D eigenvalue weighted by Gasteiger charge is -2.23. The van der Waals surface area contributed by atoms with E-state index in [0.717, 1.165) is 16.0 Å². The van der Waals surface area contributed by atoms with Crippen LogP contribution in [0.2, 0.25) is 0 Å². The zero-order valence-electron chi connectivity index (χ0n) is 14.0. The van der Waals surface area contributed by atoms with E-state index in [0.29, 0.717) is 22.5 Å². The first-order valence-corrected chi connectivity index (χ1v) is 8.52. The first kappa shape index (κ1) is 17.2. The molecule has 0 spiro atoms. The summed E-state index contributed by atoms with van der Waals surface area (Å²) in [6.07, 6.45) is -0.638. The minimum Gasteiger partial charge on any atom is -0.465 e. The van der Waals surface area contributed by atoms with E-state index in [-0.39, 0.29) is 0 Å². The van der Waals surface area contributed by atoms with Gasteiger partial charge in [-0.15, -0.1) is 11.3 Å². The number of aryl methyl sites for hydroxylation is 1. The van der Waals surface area contributed by atoms with Gasteiger partial charge in [0.15, 0.2) is 6.10 Å². The van der Waals surface area contributed by atoms with E-state index in [1.54, 1.807) is 25.1 Å². The van der Waals surface area contributed by atoms with Crippen molar-refractivity contribution in [2.24, 2.45) is 0 Å². The van der Waals surface area contributed by atoms with Gasteiger partial charge in [-0.25, -0.2) is 9.59 Å². The van der Waals surface area contributed by atoms with Crippen LogP contribution in [0.15, 0.2) is 24.3 Å². The topological polar surface area (TPSA) is 81.7 Å². The molecule has 6 nitrogen and oxygen atoms in total. The number of benzene rings is 1. The summed E-state index contributed by atoms with van der Waals surface area (Å²) in [5.41, 5.74) is 2.34. The number of nitrogens with one attached hydrogen (secondary N) is 1. The molecule has 25 heavy (non-hydrogen) atoms. The quantitative estimate of drug-likeness (QED) is 0.852. The molecule has 1 aliphatic heterocycles. The molecule has 3 rings (SSSR count). The van der Waals surface area contributed by atoms with Crippen LogP contribution in [-0.2, 0) is 20.7 Å². The Hall–Kier alpha value is -2.67. The Balaban J connectivity index is 1.84. The van der Waals surface area contributed by atoms with Gasteiger partial charge in [-0.1, -0.05) is 18.2 Å². The Kier molecular flexibility index (Phi) is 4.59. The van der Waals surface area contributed by atoms with Crippen molar-refractivity contribution in [3.63, 3.8) is 0 Å². The van der Waals surface area contributed by atoms with Gasteiger partial charge in [-0.05, 0) is 31.0 Å². The second-order valence-electron chi connectivity index (χ2n) is 5.72. The smallest absolute Gasteiger partial charge is 0.341 e. The Bertz CT molecular complexity index is 870. The zero-order valence-corrected chi connectivity index (χ0v) is 14.9. The van der Waals surface area contributed by atoms with Crippen LogP contribution in [0.3, 0.4) is 0 Å². The fourth-order valence-corrected chi connectivity index (χ4v) is 3.78. The number of methoxy groups -OCH3 is 1. The van der Waals surface area contributed by atoms with E-state index in [9.17, 15) is 14.4 Å². The molecule has 0 bridgehead atoms. The molecule has 1 aliphatic rings. The largest absolute Gasteiger partial charge is 0.465 e. The molecule has 0 fully saturated rings. The third-order valence-electron chi connectivity index (χ3n) is 4.20. The van der Waals surface area contributed by atoms with Gasteiger partial charge in [0.2, 0.25) is 0 Å². The monoisotopic (exact) mass is 359 g/mol. The molecule has 0 saturated heterocycles. The van der Waals surface area contributed by atoms with Gasteiger partial charge >= 0.3 is 11.9 Å². The van der Waals surface area contributed by atoms with Crippen molar-refractivity contribution in [2.75, 3.05) is 12.4 Å². The summed E-state index contributed by atoms with van der Waals surface area (Å²) < 4.78 is 10.0. The lowest BCUT2D eigenvalue weighted by molar-refractivity contribution is -0.125. The van der Waals surface area contributed by atoms with Crippen LogP contribution in [0.5, 0.6) is 0 Å². The number of esters is 2. The summed E-state index contributed by atoms with van der Waals surface area (Å²) in [7, 11) is 1.29. The van der Waals surface area contributed by atoms with Crippen LogP contribution in [0.4, 0.5) is 5.00 Å². The number of anilines is 1. The molecule has 1 aromatic carbocycles. The average Bonchev–Trinajstić information content (AvgIpc) is 2.88. The number of carbonyl (C=O) groups is 3. The van der Waals surface area contributed by atoms with Gasteiger partial charge in [0, 0.05) is 11.3 Å². The number of rotatable bonds is 3. The molecule has 7 heteroatoms. The molecule has 0 saturated carbocycles. The molecule has 1 aromatic heterocycles. The number of fused-ring (bicyclic) bond motifs is 1. The molecular weight excluding hydrogens is 342 g/mol. The molecule has 2 aromatic rings. The molecule has 1 N–H and O–H groups in total. The molecule has 0 aliphatic carbocycles. The van der Waals surface area contributed by atoms with E-state index >= 15 is 0 Å². The molecule has 130 valence electrons. The predicted molar refractivity (Wildman–Crippen MR) is 93.1 cm³/mol. The van der Waals surface area contributed by atoms with Crippen molar-refractivity contribution < 1.29 is 23.9 Å². The minimum atomic E-state index is -0.935. The van der Waals surface area contributed by atoms with E-state index in [1.807, 2.05) is 13.0 Å². The number of hydrogen-bond donors (Lipinski definition) is 1. The van der Waals surface area contributed by atoms with Crippen LogP contribution in [0.1, 0.15) is 36.7 Å². The Morgan fingerprint density at radius 1 is 1.28 bits per heavy atom. The molecule has 1 atom stereocenters. The number of carbonyl (C=O) groups excluding carboxylic acids is 3. The summed E-state index contributed by atoms with van der Waals surface area (Å²) in [4.78, 5) is 37.5. The third-order valence-corrected chi connectivity index (χ3v) is 5.32. The normalized spacial score (nSPS) is 16.0. The standard InChI is InChI=1S/C18H17NO5S/c1-9-10(2)25-16(14(9)18(22)23-3)19-15(20)13-8-11-6-4-5-7-12(11)17(21)24-13/h4-7,13H,8H2,1-3H3,(H,19,20)/t13-/m1/s1. The van der Waals surface area contributed by atoms with Crippen LogP contribution in [0.25, 0.3) is 0 Å². The summed E-state index contributed by atoms with van der Waals surface area (Å²) in [6.45, 7) is 3.66. The maximum absolute atomic E-state index is 12.6. The van der Waals surface area contributed by atoms with Gasteiger partial charge in [0.25, 0.3) is 5.91 Å². The Labute approximate surface area is 148 Å². The van der Waals surface area contributed by atoms with Crippen LogP contribution < -0.4 is 5.32 Å². The summed E-state index contributed by atoms with van der Waals surface area (Å²) >= 11 is 1.29. The summed E-state index contributed by atoms with van der Waals surface area (Å²) in [6, 6.07) is 7.04. The fraction of sp³-hybridized carbons (Fsp3) is 0.278. The number of hydrogen-bond acceptors (Lipinski definition) is 6. The van der Waals surface area contributed by atoms with Crippen LogP contribution >= 0.6 is 11.3 Å². The predicted octanol–water partition coefficient (Wildman–Crippen LogP) is 2.87. The molecule has 0 unspecified atom stereocenters. The number of amides is 1. The highest BCUT2D eigenvalue weighted by Crippen LogP contribution is 2.33. The second-order valence-corrected chi connectivity index (χ2v) is 6.95. The van der Waals surface area contributed by atoms with Crippen molar-refractivity contribution in [1.82, 2.24) is 0 Å². The second kappa shape index (κ2) is 6.68. The maximum atomic E-state index is 12.6. The van der Waals surface area contributed by atoms with Crippen molar-refractivity contribution in [3.8, 4) is 0 Å². The minimum absolute atomic E-state index is 0.296. The average molecular weight is 359 g/mol. The SMILES string of the molecule is COC(=O)c1c(NC(=O)[C@H]2Cc3ccccc3C(=O)O2)sc(C)c1C. The van der Waals surface area contributed by atoms with Gasteiger partial charge in [-0.2, -0.15) is 0 Å². The van der Waals surface area contributed by atoms with Gasteiger partial charge in [0.05, 0.1) is 18.2 Å². The highest BCUT2D eigenvalue weighted by molar-refractivity contribution is 7.16. The highest BCUT2D eigenvalue weighted by Gasteiger charge is 2.32. The number of ether oxygens (including phenoxy) is 2. The lowest BCUT2D eigenvalue weighted by atomic mass is 9.98. The van der Waals surface area contributed by atoms with Crippen LogP contribution in [0, 0.1) is 13.8 Å². The molecular formula is C18H17NO5S. The highest BCUT2D eigenvalue weighted by atomic mass is 32.1. The van der Waals surface area contributed by atoms with E-state index in [4.69, 9.17) is 9.47 Å². The van der Waals surface area contributed by atoms with Gasteiger partial charge in [0.1, 0.15) is 5.00 Å². The molecule has 2 heterocycles. The zero-order chi connectivity index (χ0) is 18.1. The van der Waals surface area contributed by atoms with Crippen molar-refractivity contribution in [1.29, 1.82) is 0 Å².